The van der Waals surface area contributed by atoms with Gasteiger partial charge in [-0.3, -0.25) is 4.79 Å². The zero-order chi connectivity index (χ0) is 15.1. The fourth-order valence-electron chi connectivity index (χ4n) is 1.55. The van der Waals surface area contributed by atoms with Gasteiger partial charge in [0.1, 0.15) is 5.82 Å². The maximum atomic E-state index is 12.7. The topological polar surface area (TPSA) is 53.5 Å². The summed E-state index contributed by atoms with van der Waals surface area (Å²) in [6.45, 7) is 0.0705. The van der Waals surface area contributed by atoms with Gasteiger partial charge in [-0.25, -0.2) is 9.82 Å². The molecular formula is C15H13ClFN3O. The molecule has 2 N–H and O–H groups in total. The number of nitrogens with one attached hydrogen (secondary N) is 2. The second-order valence-corrected chi connectivity index (χ2v) is 4.65. The van der Waals surface area contributed by atoms with E-state index in [0.29, 0.717) is 10.6 Å². The molecule has 0 aliphatic heterocycles. The van der Waals surface area contributed by atoms with E-state index in [1.54, 1.807) is 36.4 Å². The Morgan fingerprint density at radius 2 is 2.00 bits per heavy atom. The first-order valence-electron chi connectivity index (χ1n) is 6.20. The van der Waals surface area contributed by atoms with Crippen LogP contribution in [0.4, 0.5) is 10.1 Å². The van der Waals surface area contributed by atoms with Crippen LogP contribution in [-0.4, -0.2) is 18.7 Å². The quantitative estimate of drug-likeness (QED) is 0.659. The Hall–Kier alpha value is -2.40. The number of halogens is 2. The summed E-state index contributed by atoms with van der Waals surface area (Å²) in [4.78, 5) is 11.6. The van der Waals surface area contributed by atoms with Crippen LogP contribution in [0.3, 0.4) is 0 Å². The lowest BCUT2D eigenvalue weighted by molar-refractivity contribution is -0.119. The molecule has 0 fully saturated rings. The lowest BCUT2D eigenvalue weighted by atomic mass is 10.2. The number of benzene rings is 2. The van der Waals surface area contributed by atoms with Crippen molar-refractivity contribution >= 4 is 29.4 Å². The molecule has 1 amide bonds. The second kappa shape index (κ2) is 7.40. The molecule has 0 bridgehead atoms. The Bertz CT molecular complexity index is 644. The molecule has 0 saturated heterocycles. The third kappa shape index (κ3) is 5.24. The smallest absolute Gasteiger partial charge is 0.259 e. The maximum Gasteiger partial charge on any atom is 0.259 e. The van der Waals surface area contributed by atoms with E-state index < -0.39 is 0 Å². The van der Waals surface area contributed by atoms with Crippen LogP contribution in [0.1, 0.15) is 5.56 Å². The monoisotopic (exact) mass is 305 g/mol. The third-order valence-electron chi connectivity index (χ3n) is 2.55. The summed E-state index contributed by atoms with van der Waals surface area (Å²) >= 11 is 5.83. The number of nitrogens with zero attached hydrogens (tertiary/aromatic N) is 1. The van der Waals surface area contributed by atoms with Gasteiger partial charge in [-0.15, -0.1) is 0 Å². The number of carbonyl (C=O) groups excluding carboxylic acids is 1. The van der Waals surface area contributed by atoms with E-state index in [9.17, 15) is 9.18 Å². The molecule has 2 aromatic carbocycles. The average molecular weight is 306 g/mol. The summed E-state index contributed by atoms with van der Waals surface area (Å²) < 4.78 is 12.7. The molecule has 0 aliphatic rings. The van der Waals surface area contributed by atoms with Gasteiger partial charge in [-0.05, 0) is 35.9 Å². The van der Waals surface area contributed by atoms with Crippen molar-refractivity contribution in [1.82, 2.24) is 5.43 Å². The SMILES string of the molecule is O=C(CNc1cccc(Cl)c1)NN=Cc1ccc(F)cc1. The van der Waals surface area contributed by atoms with Gasteiger partial charge in [0.25, 0.3) is 5.91 Å². The molecule has 0 heterocycles. The molecule has 2 aromatic rings. The predicted molar refractivity (Wildman–Crippen MR) is 82.1 cm³/mol. The minimum Gasteiger partial charge on any atom is -0.376 e. The largest absolute Gasteiger partial charge is 0.376 e. The number of hydrogen-bond donors (Lipinski definition) is 2. The molecule has 21 heavy (non-hydrogen) atoms. The number of carbonyl (C=O) groups is 1. The van der Waals surface area contributed by atoms with Crippen LogP contribution in [-0.2, 0) is 4.79 Å². The highest BCUT2D eigenvalue weighted by molar-refractivity contribution is 6.30. The van der Waals surface area contributed by atoms with Crippen LogP contribution in [0.25, 0.3) is 0 Å². The summed E-state index contributed by atoms with van der Waals surface area (Å²) in [5, 5.41) is 7.30. The van der Waals surface area contributed by atoms with E-state index >= 15 is 0 Å². The third-order valence-corrected chi connectivity index (χ3v) is 2.79. The number of hydrazone groups is 1. The highest BCUT2D eigenvalue weighted by Gasteiger charge is 1.99. The van der Waals surface area contributed by atoms with E-state index in [0.717, 1.165) is 5.69 Å². The highest BCUT2D eigenvalue weighted by Crippen LogP contribution is 2.14. The first kappa shape index (κ1) is 15.0. The predicted octanol–water partition coefficient (Wildman–Crippen LogP) is 3.04. The van der Waals surface area contributed by atoms with Crippen LogP contribution in [0.15, 0.2) is 53.6 Å². The van der Waals surface area contributed by atoms with Gasteiger partial charge in [-0.1, -0.05) is 29.8 Å². The molecule has 0 atom stereocenters. The van der Waals surface area contributed by atoms with Crippen molar-refractivity contribution < 1.29 is 9.18 Å². The van der Waals surface area contributed by atoms with Crippen molar-refractivity contribution in [2.75, 3.05) is 11.9 Å². The van der Waals surface area contributed by atoms with Crippen molar-refractivity contribution in [1.29, 1.82) is 0 Å². The number of rotatable bonds is 5. The van der Waals surface area contributed by atoms with Crippen LogP contribution in [0.2, 0.25) is 5.02 Å². The van der Waals surface area contributed by atoms with Crippen molar-refractivity contribution in [3.63, 3.8) is 0 Å². The standard InChI is InChI=1S/C15H13ClFN3O/c16-12-2-1-3-14(8-12)18-10-15(21)20-19-9-11-4-6-13(17)7-5-11/h1-9,18H,10H2,(H,20,21). The van der Waals surface area contributed by atoms with Gasteiger partial charge >= 0.3 is 0 Å². The molecule has 6 heteroatoms. The maximum absolute atomic E-state index is 12.7. The van der Waals surface area contributed by atoms with Gasteiger partial charge in [0.2, 0.25) is 0 Å². The van der Waals surface area contributed by atoms with Crippen molar-refractivity contribution in [3.8, 4) is 0 Å². The fourth-order valence-corrected chi connectivity index (χ4v) is 1.74. The molecule has 0 radical (unpaired) electrons. The summed E-state index contributed by atoms with van der Waals surface area (Å²) in [6.07, 6.45) is 1.44. The van der Waals surface area contributed by atoms with Crippen LogP contribution < -0.4 is 10.7 Å². The summed E-state index contributed by atoms with van der Waals surface area (Å²) in [5.41, 5.74) is 3.82. The molecule has 108 valence electrons. The lowest BCUT2D eigenvalue weighted by Crippen LogP contribution is -2.25. The van der Waals surface area contributed by atoms with Gasteiger partial charge in [-0.2, -0.15) is 5.10 Å². The van der Waals surface area contributed by atoms with E-state index in [4.69, 9.17) is 11.6 Å². The van der Waals surface area contributed by atoms with Crippen molar-refractivity contribution in [2.45, 2.75) is 0 Å². The second-order valence-electron chi connectivity index (χ2n) is 4.21. The van der Waals surface area contributed by atoms with Gasteiger partial charge in [0.15, 0.2) is 0 Å². The van der Waals surface area contributed by atoms with Crippen LogP contribution in [0, 0.1) is 5.82 Å². The Morgan fingerprint density at radius 3 is 2.71 bits per heavy atom. The molecule has 4 nitrogen and oxygen atoms in total. The Morgan fingerprint density at radius 1 is 1.24 bits per heavy atom. The molecule has 0 aliphatic carbocycles. The molecule has 2 rings (SSSR count). The van der Waals surface area contributed by atoms with Crippen LogP contribution in [0.5, 0.6) is 0 Å². The Kier molecular flexibility index (Phi) is 5.29. The van der Waals surface area contributed by atoms with Gasteiger partial charge in [0, 0.05) is 10.7 Å². The van der Waals surface area contributed by atoms with Crippen LogP contribution >= 0.6 is 11.6 Å². The van der Waals surface area contributed by atoms with E-state index in [2.05, 4.69) is 15.8 Å². The molecule has 0 unspecified atom stereocenters. The van der Waals surface area contributed by atoms with Crippen molar-refractivity contribution in [3.05, 3.63) is 64.9 Å². The first-order chi connectivity index (χ1) is 10.1. The molecular weight excluding hydrogens is 293 g/mol. The van der Waals surface area contributed by atoms with Gasteiger partial charge < -0.3 is 5.32 Å². The fraction of sp³-hybridized carbons (Fsp3) is 0.0667. The van der Waals surface area contributed by atoms with E-state index in [1.807, 2.05) is 0 Å². The molecule has 0 spiro atoms. The summed E-state index contributed by atoms with van der Waals surface area (Å²) in [6, 6.07) is 12.8. The molecule has 0 saturated carbocycles. The number of hydrogen-bond acceptors (Lipinski definition) is 3. The summed E-state index contributed by atoms with van der Waals surface area (Å²) in [5.74, 6) is -0.616. The van der Waals surface area contributed by atoms with Crippen molar-refractivity contribution in [2.24, 2.45) is 5.10 Å². The lowest BCUT2D eigenvalue weighted by Gasteiger charge is -2.05. The first-order valence-corrected chi connectivity index (χ1v) is 6.58. The number of amides is 1. The Labute approximate surface area is 126 Å². The highest BCUT2D eigenvalue weighted by atomic mass is 35.5. The normalized spacial score (nSPS) is 10.6. The van der Waals surface area contributed by atoms with E-state index in [-0.39, 0.29) is 18.3 Å². The van der Waals surface area contributed by atoms with Gasteiger partial charge in [0.05, 0.1) is 12.8 Å². The molecule has 0 aromatic heterocycles. The zero-order valence-electron chi connectivity index (χ0n) is 11.0. The summed E-state index contributed by atoms with van der Waals surface area (Å²) in [7, 11) is 0. The number of anilines is 1. The van der Waals surface area contributed by atoms with E-state index in [1.165, 1.54) is 18.3 Å². The Balaban J connectivity index is 1.78. The zero-order valence-corrected chi connectivity index (χ0v) is 11.8. The average Bonchev–Trinajstić information content (AvgIpc) is 2.47. The minimum atomic E-state index is -0.318. The minimum absolute atomic E-state index is 0.0705.